The van der Waals surface area contributed by atoms with E-state index in [-0.39, 0.29) is 0 Å². The van der Waals surface area contributed by atoms with Crippen LogP contribution in [-0.2, 0) is 0 Å². The molecule has 0 aliphatic heterocycles. The van der Waals surface area contributed by atoms with Crippen LogP contribution in [0.2, 0.25) is 0 Å². The maximum atomic E-state index is 6.40. The van der Waals surface area contributed by atoms with Crippen molar-refractivity contribution in [3.8, 4) is 33.4 Å². The SMILES string of the molecule is c1cc(-c2cccc(N(c3ccc(-c4cccc5c4oc4ccccc45)cc3)c3cccc4ccccc34)c2)cc(-c2cccc3ccccc23)c1. The van der Waals surface area contributed by atoms with E-state index in [1.165, 1.54) is 38.2 Å². The van der Waals surface area contributed by atoms with Gasteiger partial charge in [-0.1, -0.05) is 158 Å². The molecule has 2 heteroatoms. The fourth-order valence-corrected chi connectivity index (χ4v) is 7.76. The molecule has 52 heavy (non-hydrogen) atoms. The molecule has 0 unspecified atom stereocenters. The summed E-state index contributed by atoms with van der Waals surface area (Å²) in [6, 6.07) is 71.7. The van der Waals surface area contributed by atoms with Crippen LogP contribution in [0.15, 0.2) is 205 Å². The standard InChI is InChI=1S/C50H33NO/c1-3-20-42-34(12-1)14-9-23-43(42)39-18-7-16-37(32-39)38-17-8-19-41(33-38)51(48-26-10-15-35-13-2-4-21-44(35)48)40-30-28-36(29-31-40)45-24-11-25-47-46-22-5-6-27-49(46)52-50(45)47/h1-33H. The Balaban J connectivity index is 1.09. The van der Waals surface area contributed by atoms with E-state index in [0.717, 1.165) is 55.7 Å². The van der Waals surface area contributed by atoms with E-state index in [9.17, 15) is 0 Å². The molecule has 10 rings (SSSR count). The van der Waals surface area contributed by atoms with Crippen molar-refractivity contribution >= 4 is 60.5 Å². The zero-order chi connectivity index (χ0) is 34.4. The molecule has 10 aromatic rings. The fourth-order valence-electron chi connectivity index (χ4n) is 7.76. The van der Waals surface area contributed by atoms with Crippen LogP contribution >= 0.6 is 0 Å². The van der Waals surface area contributed by atoms with Crippen LogP contribution in [0.5, 0.6) is 0 Å². The molecule has 0 fully saturated rings. The molecule has 0 bridgehead atoms. The van der Waals surface area contributed by atoms with Crippen LogP contribution in [0, 0.1) is 0 Å². The second kappa shape index (κ2) is 12.5. The molecule has 244 valence electrons. The minimum Gasteiger partial charge on any atom is -0.455 e. The van der Waals surface area contributed by atoms with Gasteiger partial charge in [0.25, 0.3) is 0 Å². The second-order valence-corrected chi connectivity index (χ2v) is 13.3. The van der Waals surface area contributed by atoms with E-state index in [1.807, 2.05) is 12.1 Å². The lowest BCUT2D eigenvalue weighted by atomic mass is 9.95. The molecule has 9 aromatic carbocycles. The molecule has 0 aliphatic carbocycles. The summed E-state index contributed by atoms with van der Waals surface area (Å²) in [4.78, 5) is 2.38. The minimum atomic E-state index is 0.909. The minimum absolute atomic E-state index is 0.909. The number of fused-ring (bicyclic) bond motifs is 5. The quantitative estimate of drug-likeness (QED) is 0.176. The van der Waals surface area contributed by atoms with Crippen LogP contribution in [-0.4, -0.2) is 0 Å². The monoisotopic (exact) mass is 663 g/mol. The summed E-state index contributed by atoms with van der Waals surface area (Å²) in [5.41, 5.74) is 12.1. The summed E-state index contributed by atoms with van der Waals surface area (Å²) in [6.45, 7) is 0. The molecule has 0 N–H and O–H groups in total. The third-order valence-corrected chi connectivity index (χ3v) is 10.2. The largest absolute Gasteiger partial charge is 0.455 e. The van der Waals surface area contributed by atoms with Crippen LogP contribution in [0.1, 0.15) is 0 Å². The predicted molar refractivity (Wildman–Crippen MR) is 220 cm³/mol. The maximum Gasteiger partial charge on any atom is 0.143 e. The van der Waals surface area contributed by atoms with E-state index in [1.54, 1.807) is 0 Å². The molecule has 0 saturated carbocycles. The van der Waals surface area contributed by atoms with Gasteiger partial charge in [0.2, 0.25) is 0 Å². The lowest BCUT2D eigenvalue weighted by Crippen LogP contribution is -2.10. The van der Waals surface area contributed by atoms with Crippen LogP contribution in [0.4, 0.5) is 17.1 Å². The van der Waals surface area contributed by atoms with Crippen molar-refractivity contribution in [2.75, 3.05) is 4.90 Å². The van der Waals surface area contributed by atoms with Crippen molar-refractivity contribution in [2.24, 2.45) is 0 Å². The molecule has 1 heterocycles. The van der Waals surface area contributed by atoms with E-state index >= 15 is 0 Å². The Labute approximate surface area is 302 Å². The third-order valence-electron chi connectivity index (χ3n) is 10.2. The number of nitrogens with zero attached hydrogens (tertiary/aromatic N) is 1. The van der Waals surface area contributed by atoms with Crippen molar-refractivity contribution in [3.63, 3.8) is 0 Å². The normalized spacial score (nSPS) is 11.5. The summed E-state index contributed by atoms with van der Waals surface area (Å²) in [6.07, 6.45) is 0. The molecule has 2 nitrogen and oxygen atoms in total. The molecule has 0 radical (unpaired) electrons. The van der Waals surface area contributed by atoms with Crippen molar-refractivity contribution in [1.82, 2.24) is 0 Å². The maximum absolute atomic E-state index is 6.40. The Morgan fingerprint density at radius 1 is 0.327 bits per heavy atom. The molecular weight excluding hydrogens is 631 g/mol. The highest BCUT2D eigenvalue weighted by Gasteiger charge is 2.18. The predicted octanol–water partition coefficient (Wildman–Crippen LogP) is 14.4. The summed E-state index contributed by atoms with van der Waals surface area (Å²) >= 11 is 0. The lowest BCUT2D eigenvalue weighted by molar-refractivity contribution is 0.670. The van der Waals surface area contributed by atoms with Crippen molar-refractivity contribution in [2.45, 2.75) is 0 Å². The van der Waals surface area contributed by atoms with Gasteiger partial charge >= 0.3 is 0 Å². The Morgan fingerprint density at radius 2 is 0.904 bits per heavy atom. The summed E-state index contributed by atoms with van der Waals surface area (Å²) in [5.74, 6) is 0. The second-order valence-electron chi connectivity index (χ2n) is 13.3. The Kier molecular flexibility index (Phi) is 7.18. The summed E-state index contributed by atoms with van der Waals surface area (Å²) < 4.78 is 6.40. The van der Waals surface area contributed by atoms with Gasteiger partial charge in [-0.2, -0.15) is 0 Å². The highest BCUT2D eigenvalue weighted by molar-refractivity contribution is 6.09. The third kappa shape index (κ3) is 5.12. The average molecular weight is 664 g/mol. The first-order valence-electron chi connectivity index (χ1n) is 17.8. The zero-order valence-corrected chi connectivity index (χ0v) is 28.4. The Hall–Kier alpha value is -6.90. The molecule has 0 atom stereocenters. The van der Waals surface area contributed by atoms with Gasteiger partial charge in [-0.05, 0) is 86.4 Å². The fraction of sp³-hybridized carbons (Fsp3) is 0. The number of hydrogen-bond donors (Lipinski definition) is 0. The molecule has 0 amide bonds. The van der Waals surface area contributed by atoms with E-state index in [0.29, 0.717) is 0 Å². The lowest BCUT2D eigenvalue weighted by Gasteiger charge is -2.27. The summed E-state index contributed by atoms with van der Waals surface area (Å²) in [5, 5.41) is 7.19. The van der Waals surface area contributed by atoms with Gasteiger partial charge in [-0.25, -0.2) is 0 Å². The molecule has 0 saturated heterocycles. The number of benzene rings is 9. The molecule has 1 aromatic heterocycles. The van der Waals surface area contributed by atoms with Crippen LogP contribution in [0.25, 0.3) is 76.9 Å². The van der Waals surface area contributed by atoms with Gasteiger partial charge in [-0.15, -0.1) is 0 Å². The molecule has 0 spiro atoms. The van der Waals surface area contributed by atoms with Crippen LogP contribution in [0.3, 0.4) is 0 Å². The van der Waals surface area contributed by atoms with E-state index in [4.69, 9.17) is 4.42 Å². The Morgan fingerprint density at radius 3 is 1.75 bits per heavy atom. The van der Waals surface area contributed by atoms with Gasteiger partial charge in [0.1, 0.15) is 11.2 Å². The van der Waals surface area contributed by atoms with Gasteiger partial charge in [0, 0.05) is 33.1 Å². The number of para-hydroxylation sites is 2. The topological polar surface area (TPSA) is 16.4 Å². The Bertz CT molecular complexity index is 2910. The summed E-state index contributed by atoms with van der Waals surface area (Å²) in [7, 11) is 0. The van der Waals surface area contributed by atoms with Crippen molar-refractivity contribution in [1.29, 1.82) is 0 Å². The number of furan rings is 1. The highest BCUT2D eigenvalue weighted by Crippen LogP contribution is 2.42. The first kappa shape index (κ1) is 30.0. The van der Waals surface area contributed by atoms with Crippen LogP contribution < -0.4 is 4.90 Å². The van der Waals surface area contributed by atoms with E-state index in [2.05, 4.69) is 193 Å². The average Bonchev–Trinajstić information content (AvgIpc) is 3.60. The van der Waals surface area contributed by atoms with Crippen molar-refractivity contribution in [3.05, 3.63) is 200 Å². The van der Waals surface area contributed by atoms with Gasteiger partial charge < -0.3 is 9.32 Å². The number of anilines is 3. The van der Waals surface area contributed by atoms with Gasteiger partial charge in [0.15, 0.2) is 0 Å². The molecule has 0 aliphatic rings. The molecular formula is C50H33NO. The number of rotatable bonds is 6. The van der Waals surface area contributed by atoms with Crippen molar-refractivity contribution < 1.29 is 4.42 Å². The number of hydrogen-bond acceptors (Lipinski definition) is 2. The highest BCUT2D eigenvalue weighted by atomic mass is 16.3. The first-order valence-corrected chi connectivity index (χ1v) is 17.8. The van der Waals surface area contributed by atoms with Gasteiger partial charge in [0.05, 0.1) is 5.69 Å². The zero-order valence-electron chi connectivity index (χ0n) is 28.4. The van der Waals surface area contributed by atoms with E-state index < -0.39 is 0 Å². The first-order chi connectivity index (χ1) is 25.8. The van der Waals surface area contributed by atoms with Gasteiger partial charge in [-0.3, -0.25) is 0 Å². The smallest absolute Gasteiger partial charge is 0.143 e.